The molecule has 5 heteroatoms. The van der Waals surface area contributed by atoms with Crippen LogP contribution in [0.15, 0.2) is 40.0 Å². The Hall–Kier alpha value is -1.62. The first-order chi connectivity index (χ1) is 8.91. The fourth-order valence-electron chi connectivity index (χ4n) is 2.20. The second-order valence-corrected chi connectivity index (χ2v) is 5.46. The van der Waals surface area contributed by atoms with Crippen LogP contribution in [0.3, 0.4) is 0 Å². The van der Waals surface area contributed by atoms with Crippen LogP contribution in [-0.4, -0.2) is 23.8 Å². The molecular formula is C14H15BrN2O2. The average Bonchev–Trinajstić information content (AvgIpc) is 2.36. The normalized spacial score (nSPS) is 19.5. The quantitative estimate of drug-likeness (QED) is 0.909. The molecule has 0 fully saturated rings. The second kappa shape index (κ2) is 5.17. The van der Waals surface area contributed by atoms with Crippen LogP contribution in [0.1, 0.15) is 25.5 Å². The van der Waals surface area contributed by atoms with Crippen LogP contribution in [0.4, 0.5) is 4.79 Å². The Balaban J connectivity index is 2.51. The van der Waals surface area contributed by atoms with Crippen molar-refractivity contribution in [2.45, 2.75) is 19.9 Å². The molecule has 100 valence electrons. The van der Waals surface area contributed by atoms with Crippen LogP contribution in [0.2, 0.25) is 0 Å². The largest absolute Gasteiger partial charge is 0.327 e. The summed E-state index contributed by atoms with van der Waals surface area (Å²) in [7, 11) is 1.66. The highest BCUT2D eigenvalue weighted by Gasteiger charge is 2.32. The maximum atomic E-state index is 11.9. The van der Waals surface area contributed by atoms with Gasteiger partial charge < -0.3 is 10.2 Å². The van der Waals surface area contributed by atoms with Crippen LogP contribution < -0.4 is 5.32 Å². The number of benzene rings is 1. The maximum Gasteiger partial charge on any atom is 0.322 e. The predicted molar refractivity (Wildman–Crippen MR) is 76.6 cm³/mol. The van der Waals surface area contributed by atoms with E-state index >= 15 is 0 Å². The van der Waals surface area contributed by atoms with Crippen molar-refractivity contribution < 1.29 is 9.59 Å². The van der Waals surface area contributed by atoms with Gasteiger partial charge in [-0.15, -0.1) is 0 Å². The van der Waals surface area contributed by atoms with Gasteiger partial charge in [0.2, 0.25) is 0 Å². The number of allylic oxidation sites excluding steroid dienone is 1. The number of nitrogens with one attached hydrogen (secondary N) is 1. The van der Waals surface area contributed by atoms with E-state index in [9.17, 15) is 9.59 Å². The summed E-state index contributed by atoms with van der Waals surface area (Å²) in [5.41, 5.74) is 2.22. The predicted octanol–water partition coefficient (Wildman–Crippen LogP) is 3.01. The molecule has 0 spiro atoms. The van der Waals surface area contributed by atoms with Gasteiger partial charge in [-0.05, 0) is 31.5 Å². The summed E-state index contributed by atoms with van der Waals surface area (Å²) < 4.78 is 0.959. The van der Waals surface area contributed by atoms with Crippen LogP contribution in [-0.2, 0) is 4.79 Å². The Morgan fingerprint density at radius 3 is 2.42 bits per heavy atom. The van der Waals surface area contributed by atoms with Gasteiger partial charge in [-0.2, -0.15) is 0 Å². The molecule has 0 unspecified atom stereocenters. The van der Waals surface area contributed by atoms with Gasteiger partial charge in [0.15, 0.2) is 5.78 Å². The summed E-state index contributed by atoms with van der Waals surface area (Å²) >= 11 is 3.37. The summed E-state index contributed by atoms with van der Waals surface area (Å²) in [5.74, 6) is -0.0303. The molecule has 0 aliphatic carbocycles. The highest BCUT2D eigenvalue weighted by Crippen LogP contribution is 2.30. The number of ketones is 1. The molecule has 0 saturated carbocycles. The molecule has 0 radical (unpaired) electrons. The molecule has 1 aromatic carbocycles. The molecule has 1 atom stereocenters. The molecule has 0 aromatic heterocycles. The topological polar surface area (TPSA) is 49.4 Å². The van der Waals surface area contributed by atoms with Gasteiger partial charge in [0.05, 0.1) is 6.04 Å². The van der Waals surface area contributed by atoms with Gasteiger partial charge in [0.1, 0.15) is 0 Å². The third-order valence-corrected chi connectivity index (χ3v) is 3.87. The van der Waals surface area contributed by atoms with E-state index in [1.807, 2.05) is 24.3 Å². The number of amides is 2. The van der Waals surface area contributed by atoms with Crippen LogP contribution >= 0.6 is 15.9 Å². The number of urea groups is 1. The van der Waals surface area contributed by atoms with Gasteiger partial charge in [-0.1, -0.05) is 28.1 Å². The third kappa shape index (κ3) is 2.56. The molecular weight excluding hydrogens is 308 g/mol. The molecule has 1 aromatic rings. The number of halogens is 1. The van der Waals surface area contributed by atoms with Gasteiger partial charge in [-0.25, -0.2) is 4.79 Å². The molecule has 1 N–H and O–H groups in total. The molecule has 19 heavy (non-hydrogen) atoms. The Morgan fingerprint density at radius 2 is 1.89 bits per heavy atom. The number of carbonyl (C=O) groups excluding carboxylic acids is 2. The Bertz CT molecular complexity index is 563. The highest BCUT2D eigenvalue weighted by atomic mass is 79.9. The summed E-state index contributed by atoms with van der Waals surface area (Å²) in [5, 5.41) is 2.86. The minimum Gasteiger partial charge on any atom is -0.327 e. The number of hydrogen-bond donors (Lipinski definition) is 1. The zero-order valence-corrected chi connectivity index (χ0v) is 12.6. The Labute approximate surface area is 120 Å². The monoisotopic (exact) mass is 322 g/mol. The van der Waals surface area contributed by atoms with Crippen molar-refractivity contribution in [3.8, 4) is 0 Å². The minimum absolute atomic E-state index is 0.0303. The zero-order chi connectivity index (χ0) is 14.2. The lowest BCUT2D eigenvalue weighted by atomic mass is 9.93. The molecule has 1 aliphatic rings. The molecule has 4 nitrogen and oxygen atoms in total. The van der Waals surface area contributed by atoms with E-state index in [4.69, 9.17) is 0 Å². The number of Topliss-reactive ketones (excluding diaryl/α,β-unsaturated/α-hetero) is 1. The van der Waals surface area contributed by atoms with Crippen LogP contribution in [0.5, 0.6) is 0 Å². The lowest BCUT2D eigenvalue weighted by molar-refractivity contribution is -0.114. The van der Waals surface area contributed by atoms with E-state index in [0.717, 1.165) is 10.0 Å². The Morgan fingerprint density at radius 1 is 1.32 bits per heavy atom. The summed E-state index contributed by atoms with van der Waals surface area (Å²) in [6, 6.07) is 7.01. The van der Waals surface area contributed by atoms with Crippen molar-refractivity contribution in [3.05, 3.63) is 45.6 Å². The summed E-state index contributed by atoms with van der Waals surface area (Å²) in [6.45, 7) is 3.32. The van der Waals surface area contributed by atoms with E-state index in [0.29, 0.717) is 11.3 Å². The standard InChI is InChI=1S/C14H15BrN2O2/c1-8-12(9(2)18)13(16-14(19)17(8)3)10-4-6-11(15)7-5-10/h4-7,13H,1-3H3,(H,16,19)/t13-/m1/s1. The molecule has 0 bridgehead atoms. The summed E-state index contributed by atoms with van der Waals surface area (Å²) in [6.07, 6.45) is 0. The fourth-order valence-corrected chi connectivity index (χ4v) is 2.46. The zero-order valence-electron chi connectivity index (χ0n) is 11.0. The molecule has 1 heterocycles. The number of nitrogens with zero attached hydrogens (tertiary/aromatic N) is 1. The third-order valence-electron chi connectivity index (χ3n) is 3.34. The number of hydrogen-bond acceptors (Lipinski definition) is 2. The van der Waals surface area contributed by atoms with Crippen molar-refractivity contribution in [1.29, 1.82) is 0 Å². The van der Waals surface area contributed by atoms with Crippen LogP contribution in [0.25, 0.3) is 0 Å². The molecule has 1 aliphatic heterocycles. The smallest absolute Gasteiger partial charge is 0.322 e. The lowest BCUT2D eigenvalue weighted by Crippen LogP contribution is -2.45. The first kappa shape index (κ1) is 13.8. The number of rotatable bonds is 2. The van der Waals surface area contributed by atoms with Crippen molar-refractivity contribution in [1.82, 2.24) is 10.2 Å². The van der Waals surface area contributed by atoms with Gasteiger partial charge in [0, 0.05) is 22.8 Å². The number of carbonyl (C=O) groups is 2. The molecule has 0 saturated heterocycles. The van der Waals surface area contributed by atoms with E-state index in [-0.39, 0.29) is 17.9 Å². The van der Waals surface area contributed by atoms with Gasteiger partial charge in [-0.3, -0.25) is 4.79 Å². The first-order valence-electron chi connectivity index (χ1n) is 5.93. The van der Waals surface area contributed by atoms with Gasteiger partial charge >= 0.3 is 6.03 Å². The minimum atomic E-state index is -0.380. The highest BCUT2D eigenvalue weighted by molar-refractivity contribution is 9.10. The van der Waals surface area contributed by atoms with E-state index < -0.39 is 0 Å². The SMILES string of the molecule is CC(=O)C1=C(C)N(C)C(=O)N[C@@H]1c1ccc(Br)cc1. The molecule has 2 amide bonds. The lowest BCUT2D eigenvalue weighted by Gasteiger charge is -2.33. The van der Waals surface area contributed by atoms with Crippen molar-refractivity contribution >= 4 is 27.7 Å². The van der Waals surface area contributed by atoms with Crippen molar-refractivity contribution in [2.75, 3.05) is 7.05 Å². The second-order valence-electron chi connectivity index (χ2n) is 4.55. The van der Waals surface area contributed by atoms with Crippen molar-refractivity contribution in [2.24, 2.45) is 0 Å². The Kier molecular flexibility index (Phi) is 3.75. The first-order valence-corrected chi connectivity index (χ1v) is 6.72. The van der Waals surface area contributed by atoms with E-state index in [1.165, 1.54) is 11.8 Å². The molecule has 2 rings (SSSR count). The van der Waals surface area contributed by atoms with E-state index in [2.05, 4.69) is 21.2 Å². The fraction of sp³-hybridized carbons (Fsp3) is 0.286. The van der Waals surface area contributed by atoms with Gasteiger partial charge in [0.25, 0.3) is 0 Å². The summed E-state index contributed by atoms with van der Waals surface area (Å²) in [4.78, 5) is 25.2. The average molecular weight is 323 g/mol. The maximum absolute atomic E-state index is 11.9. The van der Waals surface area contributed by atoms with E-state index in [1.54, 1.807) is 14.0 Å². The van der Waals surface area contributed by atoms with Crippen molar-refractivity contribution in [3.63, 3.8) is 0 Å². The van der Waals surface area contributed by atoms with Crippen LogP contribution in [0, 0.1) is 0 Å².